The number of anilines is 1. The third kappa shape index (κ3) is 2.22. The number of imidazole rings is 1. The first-order valence-corrected chi connectivity index (χ1v) is 6.83. The molecule has 1 aliphatic heterocycles. The van der Waals surface area contributed by atoms with Gasteiger partial charge in [0.25, 0.3) is 0 Å². The van der Waals surface area contributed by atoms with E-state index in [1.54, 1.807) is 6.20 Å². The van der Waals surface area contributed by atoms with Gasteiger partial charge < -0.3 is 14.5 Å². The molecule has 0 aromatic carbocycles. The number of rotatable bonds is 3. The lowest BCUT2D eigenvalue weighted by atomic mass is 10.0. The Morgan fingerprint density at radius 2 is 2.50 bits per heavy atom. The third-order valence-electron chi connectivity index (χ3n) is 3.27. The van der Waals surface area contributed by atoms with Gasteiger partial charge in [-0.25, -0.2) is 9.97 Å². The van der Waals surface area contributed by atoms with E-state index in [-0.39, 0.29) is 5.60 Å². The smallest absolute Gasteiger partial charge is 0.180 e. The van der Waals surface area contributed by atoms with Crippen LogP contribution >= 0.6 is 15.9 Å². The van der Waals surface area contributed by atoms with Crippen molar-refractivity contribution in [3.8, 4) is 0 Å². The van der Waals surface area contributed by atoms with Crippen molar-refractivity contribution in [1.29, 1.82) is 0 Å². The van der Waals surface area contributed by atoms with E-state index in [2.05, 4.69) is 38.1 Å². The zero-order chi connectivity index (χ0) is 12.6. The minimum atomic E-state index is -0.0897. The van der Waals surface area contributed by atoms with Gasteiger partial charge in [-0.15, -0.1) is 0 Å². The summed E-state index contributed by atoms with van der Waals surface area (Å²) in [6.07, 6.45) is 7.77. The lowest BCUT2D eigenvalue weighted by molar-refractivity contribution is 0.0315. The second-order valence-corrected chi connectivity index (χ2v) is 5.64. The highest BCUT2D eigenvalue weighted by Crippen LogP contribution is 2.26. The van der Waals surface area contributed by atoms with Gasteiger partial charge in [0.2, 0.25) is 0 Å². The molecule has 3 heterocycles. The Balaban J connectivity index is 1.83. The van der Waals surface area contributed by atoms with Gasteiger partial charge in [-0.05, 0) is 35.7 Å². The first-order chi connectivity index (χ1) is 8.66. The lowest BCUT2D eigenvalue weighted by Gasteiger charge is -2.23. The van der Waals surface area contributed by atoms with Crippen molar-refractivity contribution in [2.45, 2.75) is 25.4 Å². The van der Waals surface area contributed by atoms with E-state index in [1.807, 2.05) is 16.8 Å². The summed E-state index contributed by atoms with van der Waals surface area (Å²) in [6, 6.07) is 0. The number of hydrogen-bond donors (Lipinski definition) is 1. The van der Waals surface area contributed by atoms with Crippen LogP contribution in [-0.2, 0) is 4.74 Å². The van der Waals surface area contributed by atoms with Crippen molar-refractivity contribution in [3.05, 3.63) is 23.2 Å². The summed E-state index contributed by atoms with van der Waals surface area (Å²) >= 11 is 3.40. The molecule has 0 bridgehead atoms. The Morgan fingerprint density at radius 1 is 1.61 bits per heavy atom. The number of ether oxygens (including phenoxy) is 1. The van der Waals surface area contributed by atoms with Crippen molar-refractivity contribution in [2.24, 2.45) is 0 Å². The highest BCUT2D eigenvalue weighted by molar-refractivity contribution is 9.10. The van der Waals surface area contributed by atoms with Gasteiger partial charge in [-0.2, -0.15) is 0 Å². The molecule has 3 rings (SSSR count). The summed E-state index contributed by atoms with van der Waals surface area (Å²) in [5.41, 5.74) is 0.743. The first kappa shape index (κ1) is 11.9. The van der Waals surface area contributed by atoms with Gasteiger partial charge in [0.1, 0.15) is 4.60 Å². The fourth-order valence-corrected chi connectivity index (χ4v) is 2.66. The SMILES string of the molecule is CC1(CNc2nc(Br)cn3ccnc23)CCCO1. The maximum atomic E-state index is 5.76. The van der Waals surface area contributed by atoms with E-state index >= 15 is 0 Å². The Morgan fingerprint density at radius 3 is 3.28 bits per heavy atom. The van der Waals surface area contributed by atoms with Crippen LogP contribution < -0.4 is 5.32 Å². The summed E-state index contributed by atoms with van der Waals surface area (Å²) < 4.78 is 8.48. The average molecular weight is 311 g/mol. The van der Waals surface area contributed by atoms with E-state index in [4.69, 9.17) is 4.74 Å². The van der Waals surface area contributed by atoms with Gasteiger partial charge in [0.05, 0.1) is 5.60 Å². The molecule has 1 unspecified atom stereocenters. The summed E-state index contributed by atoms with van der Waals surface area (Å²) in [6.45, 7) is 3.73. The fraction of sp³-hybridized carbons (Fsp3) is 0.500. The van der Waals surface area contributed by atoms with Crippen LogP contribution in [0.5, 0.6) is 0 Å². The van der Waals surface area contributed by atoms with Crippen LogP contribution in [0.25, 0.3) is 5.65 Å². The predicted octanol–water partition coefficient (Wildman–Crippen LogP) is 2.47. The average Bonchev–Trinajstić information content (AvgIpc) is 2.95. The molecule has 18 heavy (non-hydrogen) atoms. The van der Waals surface area contributed by atoms with Crippen LogP contribution in [0.15, 0.2) is 23.2 Å². The standard InChI is InChI=1S/C12H15BrN4O/c1-12(3-2-6-18-12)8-15-10-11-14-4-5-17(11)7-9(13)16-10/h4-5,7H,2-3,6,8H2,1H3,(H,15,16). The van der Waals surface area contributed by atoms with Crippen molar-refractivity contribution in [3.63, 3.8) is 0 Å². The normalized spacial score (nSPS) is 23.7. The lowest BCUT2D eigenvalue weighted by Crippen LogP contribution is -2.32. The van der Waals surface area contributed by atoms with Gasteiger partial charge in [-0.3, -0.25) is 0 Å². The molecule has 6 heteroatoms. The molecule has 0 saturated carbocycles. The van der Waals surface area contributed by atoms with Gasteiger partial charge in [0, 0.05) is 31.7 Å². The first-order valence-electron chi connectivity index (χ1n) is 6.03. The number of aromatic nitrogens is 3. The Bertz CT molecular complexity index is 562. The number of nitrogens with zero attached hydrogens (tertiary/aromatic N) is 3. The zero-order valence-corrected chi connectivity index (χ0v) is 11.8. The zero-order valence-electron chi connectivity index (χ0n) is 10.2. The summed E-state index contributed by atoms with van der Waals surface area (Å²) in [4.78, 5) is 8.74. The molecule has 0 aliphatic carbocycles. The molecule has 1 N–H and O–H groups in total. The van der Waals surface area contributed by atoms with Crippen molar-refractivity contribution < 1.29 is 4.74 Å². The molecule has 0 spiro atoms. The molecule has 1 saturated heterocycles. The van der Waals surface area contributed by atoms with Crippen LogP contribution in [0, 0.1) is 0 Å². The maximum Gasteiger partial charge on any atom is 0.180 e. The second-order valence-electron chi connectivity index (χ2n) is 4.83. The molecule has 0 amide bonds. The fourth-order valence-electron chi connectivity index (χ4n) is 2.27. The van der Waals surface area contributed by atoms with Crippen LogP contribution in [0.4, 0.5) is 5.82 Å². The quantitative estimate of drug-likeness (QED) is 0.946. The minimum Gasteiger partial charge on any atom is -0.373 e. The van der Waals surface area contributed by atoms with Crippen molar-refractivity contribution in [1.82, 2.24) is 14.4 Å². The van der Waals surface area contributed by atoms with E-state index in [1.165, 1.54) is 0 Å². The van der Waals surface area contributed by atoms with Gasteiger partial charge in [0.15, 0.2) is 11.5 Å². The molecular weight excluding hydrogens is 296 g/mol. The van der Waals surface area contributed by atoms with E-state index in [9.17, 15) is 0 Å². The Labute approximate surface area is 114 Å². The number of hydrogen-bond acceptors (Lipinski definition) is 4. The van der Waals surface area contributed by atoms with E-state index in [0.29, 0.717) is 0 Å². The molecule has 96 valence electrons. The minimum absolute atomic E-state index is 0.0897. The van der Waals surface area contributed by atoms with Crippen LogP contribution in [0.1, 0.15) is 19.8 Å². The Hall–Kier alpha value is -1.14. The van der Waals surface area contributed by atoms with E-state index < -0.39 is 0 Å². The number of fused-ring (bicyclic) bond motifs is 1. The second kappa shape index (κ2) is 4.51. The highest BCUT2D eigenvalue weighted by atomic mass is 79.9. The predicted molar refractivity (Wildman–Crippen MR) is 72.8 cm³/mol. The molecule has 2 aromatic heterocycles. The summed E-state index contributed by atoms with van der Waals surface area (Å²) in [7, 11) is 0. The van der Waals surface area contributed by atoms with E-state index in [0.717, 1.165) is 42.1 Å². The summed E-state index contributed by atoms with van der Waals surface area (Å²) in [5, 5.41) is 3.35. The van der Waals surface area contributed by atoms with Crippen LogP contribution in [0.2, 0.25) is 0 Å². The van der Waals surface area contributed by atoms with Crippen LogP contribution in [-0.4, -0.2) is 33.1 Å². The molecule has 1 atom stereocenters. The van der Waals surface area contributed by atoms with Crippen LogP contribution in [0.3, 0.4) is 0 Å². The van der Waals surface area contributed by atoms with Crippen molar-refractivity contribution in [2.75, 3.05) is 18.5 Å². The monoisotopic (exact) mass is 310 g/mol. The molecule has 0 radical (unpaired) electrons. The summed E-state index contributed by atoms with van der Waals surface area (Å²) in [5.74, 6) is 0.783. The highest BCUT2D eigenvalue weighted by Gasteiger charge is 2.29. The Kier molecular flexibility index (Phi) is 2.99. The maximum absolute atomic E-state index is 5.76. The van der Waals surface area contributed by atoms with Gasteiger partial charge >= 0.3 is 0 Å². The largest absolute Gasteiger partial charge is 0.373 e. The molecule has 1 fully saturated rings. The number of nitrogens with one attached hydrogen (secondary N) is 1. The van der Waals surface area contributed by atoms with Gasteiger partial charge in [-0.1, -0.05) is 0 Å². The molecule has 1 aliphatic rings. The third-order valence-corrected chi connectivity index (χ3v) is 3.66. The van der Waals surface area contributed by atoms with Crippen molar-refractivity contribution >= 4 is 27.4 Å². The molecular formula is C12H15BrN4O. The number of halogens is 1. The molecule has 2 aromatic rings. The molecule has 5 nitrogen and oxygen atoms in total. The topological polar surface area (TPSA) is 51.5 Å².